The summed E-state index contributed by atoms with van der Waals surface area (Å²) in [5.74, 6) is 1.49. The Morgan fingerprint density at radius 3 is 1.48 bits per heavy atom. The third kappa shape index (κ3) is 30.3. The molecule has 0 unspecified atom stereocenters. The summed E-state index contributed by atoms with van der Waals surface area (Å²) >= 11 is 23.9. The van der Waals surface area contributed by atoms with Gasteiger partial charge in [0, 0.05) is 33.6 Å². The Balaban J connectivity index is -0.000000191. The van der Waals surface area contributed by atoms with Crippen LogP contribution < -0.4 is 17.0 Å². The molecule has 0 radical (unpaired) electrons. The average molecular weight is 936 g/mol. The minimum atomic E-state index is 0. The third-order valence-electron chi connectivity index (χ3n) is 6.13. The molecular formula is C42H43Br2ClMg2OS4. The number of ether oxygens (including phenoxy) is 1. The zero-order chi connectivity index (χ0) is 35.8. The normalized spacial score (nSPS) is 9.81. The molecule has 266 valence electrons. The van der Waals surface area contributed by atoms with Crippen LogP contribution in [0, 0.1) is 6.07 Å². The number of rotatable bonds is 6. The van der Waals surface area contributed by atoms with Crippen molar-refractivity contribution in [1.82, 2.24) is 0 Å². The van der Waals surface area contributed by atoms with Gasteiger partial charge in [0.2, 0.25) is 0 Å². The third-order valence-corrected chi connectivity index (χ3v) is 8.53. The molecule has 6 rings (SSSR count). The van der Waals surface area contributed by atoms with Gasteiger partial charge in [0.05, 0.1) is 4.20 Å². The van der Waals surface area contributed by atoms with Crippen molar-refractivity contribution in [3.8, 4) is 0 Å². The van der Waals surface area contributed by atoms with E-state index in [4.69, 9.17) is 28.6 Å². The van der Waals surface area contributed by atoms with E-state index in [1.165, 1.54) is 18.4 Å². The molecule has 1 aliphatic heterocycles. The van der Waals surface area contributed by atoms with Crippen LogP contribution >= 0.6 is 75.9 Å². The van der Waals surface area contributed by atoms with E-state index in [-0.39, 0.29) is 65.9 Å². The number of thioether (sulfide) groups is 1. The van der Waals surface area contributed by atoms with Crippen molar-refractivity contribution in [2.24, 2.45) is 0 Å². The van der Waals surface area contributed by atoms with Gasteiger partial charge in [-0.3, -0.25) is 0 Å². The molecule has 0 bridgehead atoms. The molecule has 5 aromatic rings. The number of alkyl halides is 1. The predicted octanol–water partition coefficient (Wildman–Crippen LogP) is 10.2. The van der Waals surface area contributed by atoms with Crippen molar-refractivity contribution in [3.05, 3.63) is 191 Å². The first kappa shape index (κ1) is 55.3. The van der Waals surface area contributed by atoms with Crippen LogP contribution in [0.5, 0.6) is 0 Å². The molecule has 0 aromatic heterocycles. The largest absolute Gasteiger partial charge is 2.00 e. The summed E-state index contributed by atoms with van der Waals surface area (Å²) in [5.41, 5.74) is 5.83. The van der Waals surface area contributed by atoms with Crippen LogP contribution in [0.2, 0.25) is 0 Å². The molecule has 52 heavy (non-hydrogen) atoms. The first-order valence-electron chi connectivity index (χ1n) is 15.4. The van der Waals surface area contributed by atoms with Crippen LogP contribution in [0.4, 0.5) is 0 Å². The summed E-state index contributed by atoms with van der Waals surface area (Å²) in [4.78, 5) is 0. The van der Waals surface area contributed by atoms with Crippen molar-refractivity contribution in [2.45, 2.75) is 24.5 Å². The first-order chi connectivity index (χ1) is 24.0. The Morgan fingerprint density at radius 2 is 1.17 bits per heavy atom. The fourth-order valence-electron chi connectivity index (χ4n) is 3.57. The van der Waals surface area contributed by atoms with Crippen LogP contribution in [0.15, 0.2) is 157 Å². The summed E-state index contributed by atoms with van der Waals surface area (Å²) in [7, 11) is 0. The Hall–Kier alpha value is -1.02. The van der Waals surface area contributed by atoms with E-state index in [2.05, 4.69) is 96.0 Å². The van der Waals surface area contributed by atoms with E-state index in [1.54, 1.807) is 11.8 Å². The Bertz CT molecular complexity index is 1570. The standard InChI is InChI=1S/C16H14S2.C9H9Cl.C6H5Br.C6H5.C4H8O.CS2.BrH.2Mg.2H/c1-2-13-8-10-14(11-9-13)12-18-16(17)15-6-4-3-5-7-15;1-2-8-3-5-9(7-10)6-4-8;7-6-4-2-1-3-5-6;1-2-4-6-5-3-1;1-2-4-5-3-1;2-1-3;;;;;/h2-11H,1,12H2;2-6H,1,7H2;1-5H;1-5H;1-4H2;;1H;;;;/q;;;-1;;;;2*+2;2*-1/p-1. The second-order valence-electron chi connectivity index (χ2n) is 9.74. The molecule has 1 nitrogen and oxygen atoms in total. The van der Waals surface area contributed by atoms with Gasteiger partial charge in [0.25, 0.3) is 0 Å². The molecule has 1 aliphatic rings. The molecule has 5 aromatic carbocycles. The molecule has 1 saturated heterocycles. The molecule has 1 fully saturated rings. The topological polar surface area (TPSA) is 9.23 Å². The van der Waals surface area contributed by atoms with Gasteiger partial charge in [-0.1, -0.05) is 151 Å². The van der Waals surface area contributed by atoms with E-state index >= 15 is 0 Å². The van der Waals surface area contributed by atoms with Gasteiger partial charge in [0.1, 0.15) is 0 Å². The van der Waals surface area contributed by atoms with Crippen LogP contribution in [0.1, 0.15) is 43.5 Å². The Kier molecular flexibility index (Phi) is 42.2. The predicted molar refractivity (Wildman–Crippen MR) is 245 cm³/mol. The second-order valence-corrected chi connectivity index (χ2v) is 13.2. The molecule has 0 spiro atoms. The maximum Gasteiger partial charge on any atom is 2.00 e. The zero-order valence-electron chi connectivity index (χ0n) is 31.2. The van der Waals surface area contributed by atoms with Crippen LogP contribution in [-0.2, 0) is 16.4 Å². The van der Waals surface area contributed by atoms with Crippen molar-refractivity contribution < 1.29 is 24.6 Å². The van der Waals surface area contributed by atoms with E-state index in [0.717, 1.165) is 49.9 Å². The molecule has 0 atom stereocenters. The van der Waals surface area contributed by atoms with E-state index < -0.39 is 0 Å². The minimum absolute atomic E-state index is 0. The quantitative estimate of drug-likeness (QED) is 0.0724. The fourth-order valence-corrected chi connectivity index (χ4v) is 5.16. The fraction of sp³-hybridized carbons (Fsp3) is 0.143. The molecule has 0 amide bonds. The van der Waals surface area contributed by atoms with Crippen molar-refractivity contribution >= 4 is 143 Å². The SMILES string of the molecule is Brc1ccccc1.C1CCOC1.C=Cc1ccc(CCl)cc1.C=Cc1ccc(CSC(=S)c2ccccc2)cc1.S=C=S.[Br-].[H-].[H-].[Mg+2].[Mg+2].[c-]1ccccc1. The van der Waals surface area contributed by atoms with Gasteiger partial charge >= 0.3 is 46.1 Å². The van der Waals surface area contributed by atoms with Crippen molar-refractivity contribution in [2.75, 3.05) is 13.2 Å². The van der Waals surface area contributed by atoms with E-state index in [1.807, 2.05) is 120 Å². The maximum absolute atomic E-state index is 5.60. The monoisotopic (exact) mass is 932 g/mol. The van der Waals surface area contributed by atoms with Crippen LogP contribution in [0.3, 0.4) is 0 Å². The molecular weight excluding hydrogens is 893 g/mol. The van der Waals surface area contributed by atoms with E-state index in [9.17, 15) is 0 Å². The molecule has 10 heteroatoms. The van der Waals surface area contributed by atoms with Crippen LogP contribution in [0.25, 0.3) is 12.2 Å². The second kappa shape index (κ2) is 39.7. The zero-order valence-corrected chi connectivity index (χ0v) is 39.2. The minimum Gasteiger partial charge on any atom is -1.00 e. The Morgan fingerprint density at radius 1 is 0.750 bits per heavy atom. The Labute approximate surface area is 391 Å². The number of hydrogen-bond donors (Lipinski definition) is 0. The summed E-state index contributed by atoms with van der Waals surface area (Å²) in [6.45, 7) is 9.40. The van der Waals surface area contributed by atoms with Gasteiger partial charge in [-0.15, -0.1) is 23.4 Å². The number of thiocarbonyl (C=S) groups is 3. The number of halogens is 3. The number of benzene rings is 5. The van der Waals surface area contributed by atoms with Gasteiger partial charge in [-0.05, 0) is 77.2 Å². The van der Waals surface area contributed by atoms with Gasteiger partial charge in [-0.2, -0.15) is 36.4 Å². The van der Waals surface area contributed by atoms with Gasteiger partial charge in [0.15, 0.2) is 0 Å². The smallest absolute Gasteiger partial charge is 1.00 e. The van der Waals surface area contributed by atoms with Crippen molar-refractivity contribution in [3.63, 3.8) is 0 Å². The first-order valence-corrected chi connectivity index (χ1v) is 18.9. The van der Waals surface area contributed by atoms with Crippen LogP contribution in [-0.4, -0.2) is 67.8 Å². The summed E-state index contributed by atoms with van der Waals surface area (Å²) in [6.07, 6.45) is 6.23. The summed E-state index contributed by atoms with van der Waals surface area (Å²) < 4.78 is 8.94. The average Bonchev–Trinajstić information content (AvgIpc) is 3.77. The number of hydrogen-bond acceptors (Lipinski definition) is 5. The van der Waals surface area contributed by atoms with Crippen molar-refractivity contribution in [1.29, 1.82) is 0 Å². The molecule has 0 aliphatic carbocycles. The maximum atomic E-state index is 5.60. The summed E-state index contributed by atoms with van der Waals surface area (Å²) in [6, 6.07) is 49.0. The summed E-state index contributed by atoms with van der Waals surface area (Å²) in [5, 5.41) is 0. The molecule has 1 heterocycles. The van der Waals surface area contributed by atoms with Gasteiger partial charge in [-0.25, -0.2) is 0 Å². The molecule has 0 saturated carbocycles. The molecule has 0 N–H and O–H groups in total. The van der Waals surface area contributed by atoms with E-state index in [0.29, 0.717) is 5.88 Å². The van der Waals surface area contributed by atoms with Gasteiger partial charge < -0.3 is 24.6 Å².